The Labute approximate surface area is 128 Å². The maximum Gasteiger partial charge on any atom is 0.242 e. The van der Waals surface area contributed by atoms with Crippen molar-refractivity contribution in [2.24, 2.45) is 5.73 Å². The molecule has 1 rings (SSSR count). The van der Waals surface area contributed by atoms with E-state index in [-0.39, 0.29) is 18.3 Å². The topological polar surface area (TPSA) is 55.6 Å². The third-order valence-corrected chi connectivity index (χ3v) is 3.04. The molecule has 0 unspecified atom stereocenters. The van der Waals surface area contributed by atoms with Crippen molar-refractivity contribution < 1.29 is 9.53 Å². The van der Waals surface area contributed by atoms with Gasteiger partial charge in [-0.15, -0.1) is 12.4 Å². The van der Waals surface area contributed by atoms with Crippen LogP contribution in [0.1, 0.15) is 19.4 Å². The SMILES string of the molecule is COc1ccc(Br)cc1CN(C)C(=O)C(C)(C)N.Cl. The van der Waals surface area contributed by atoms with Gasteiger partial charge in [-0.2, -0.15) is 0 Å². The predicted octanol–water partition coefficient (Wildman–Crippen LogP) is 2.58. The highest BCUT2D eigenvalue weighted by molar-refractivity contribution is 9.10. The minimum absolute atomic E-state index is 0. The third kappa shape index (κ3) is 5.01. The van der Waals surface area contributed by atoms with Crippen LogP contribution in [0, 0.1) is 0 Å². The number of halogens is 2. The molecule has 108 valence electrons. The van der Waals surface area contributed by atoms with Crippen LogP contribution in [0.3, 0.4) is 0 Å². The van der Waals surface area contributed by atoms with Crippen molar-refractivity contribution in [1.82, 2.24) is 4.90 Å². The van der Waals surface area contributed by atoms with Gasteiger partial charge in [0.2, 0.25) is 5.91 Å². The number of hydrogen-bond acceptors (Lipinski definition) is 3. The zero-order valence-corrected chi connectivity index (χ0v) is 14.0. The van der Waals surface area contributed by atoms with Crippen LogP contribution in [0.15, 0.2) is 22.7 Å². The summed E-state index contributed by atoms with van der Waals surface area (Å²) in [6, 6.07) is 5.70. The summed E-state index contributed by atoms with van der Waals surface area (Å²) in [7, 11) is 3.35. The molecule has 1 aromatic rings. The predicted molar refractivity (Wildman–Crippen MR) is 82.7 cm³/mol. The standard InChI is InChI=1S/C13H19BrN2O2.ClH/c1-13(2,15)12(17)16(3)8-9-7-10(14)5-6-11(9)18-4;/h5-7H,8,15H2,1-4H3;1H. The van der Waals surface area contributed by atoms with E-state index in [4.69, 9.17) is 10.5 Å². The Bertz CT molecular complexity index is 447. The number of hydrogen-bond donors (Lipinski definition) is 1. The van der Waals surface area contributed by atoms with Crippen LogP contribution >= 0.6 is 28.3 Å². The van der Waals surface area contributed by atoms with Crippen molar-refractivity contribution in [3.05, 3.63) is 28.2 Å². The highest BCUT2D eigenvalue weighted by atomic mass is 79.9. The number of ether oxygens (including phenoxy) is 1. The van der Waals surface area contributed by atoms with Gasteiger partial charge in [0.1, 0.15) is 5.75 Å². The highest BCUT2D eigenvalue weighted by Gasteiger charge is 2.26. The molecule has 0 atom stereocenters. The number of amides is 1. The normalized spacial score (nSPS) is 10.6. The summed E-state index contributed by atoms with van der Waals surface area (Å²) < 4.78 is 6.23. The van der Waals surface area contributed by atoms with E-state index in [2.05, 4.69) is 15.9 Å². The number of nitrogens with zero attached hydrogens (tertiary/aromatic N) is 1. The second-order valence-corrected chi connectivity index (χ2v) is 5.75. The fraction of sp³-hybridized carbons (Fsp3) is 0.462. The Morgan fingerprint density at radius 3 is 2.53 bits per heavy atom. The monoisotopic (exact) mass is 350 g/mol. The summed E-state index contributed by atoms with van der Waals surface area (Å²) in [5.74, 6) is 0.650. The number of benzene rings is 1. The van der Waals surface area contributed by atoms with Gasteiger partial charge in [0.15, 0.2) is 0 Å². The Morgan fingerprint density at radius 2 is 2.05 bits per heavy atom. The molecular formula is C13H20BrClN2O2. The first-order valence-corrected chi connectivity index (χ1v) is 6.42. The summed E-state index contributed by atoms with van der Waals surface area (Å²) in [6.45, 7) is 3.86. The lowest BCUT2D eigenvalue weighted by Crippen LogP contribution is -2.49. The Hall–Kier alpha value is -0.780. The fourth-order valence-electron chi connectivity index (χ4n) is 1.69. The van der Waals surface area contributed by atoms with Crippen molar-refractivity contribution in [2.45, 2.75) is 25.9 Å². The molecule has 0 radical (unpaired) electrons. The molecule has 0 saturated heterocycles. The van der Waals surface area contributed by atoms with Gasteiger partial charge in [0, 0.05) is 23.6 Å². The second kappa shape index (κ2) is 7.12. The van der Waals surface area contributed by atoms with Crippen LogP contribution in [-0.4, -0.2) is 30.5 Å². The van der Waals surface area contributed by atoms with Crippen LogP contribution in [0.4, 0.5) is 0 Å². The average Bonchev–Trinajstić information content (AvgIpc) is 2.27. The van der Waals surface area contributed by atoms with Crippen LogP contribution < -0.4 is 10.5 Å². The van der Waals surface area contributed by atoms with Gasteiger partial charge >= 0.3 is 0 Å². The number of rotatable bonds is 4. The molecule has 19 heavy (non-hydrogen) atoms. The summed E-state index contributed by atoms with van der Waals surface area (Å²) in [4.78, 5) is 13.6. The molecule has 1 aromatic carbocycles. The largest absolute Gasteiger partial charge is 0.496 e. The molecule has 0 aromatic heterocycles. The molecule has 0 bridgehead atoms. The van der Waals surface area contributed by atoms with E-state index in [0.717, 1.165) is 15.8 Å². The Balaban J connectivity index is 0.00000324. The van der Waals surface area contributed by atoms with E-state index in [1.165, 1.54) is 0 Å². The fourth-order valence-corrected chi connectivity index (χ4v) is 2.10. The molecular weight excluding hydrogens is 332 g/mol. The zero-order valence-electron chi connectivity index (χ0n) is 11.6. The first-order valence-electron chi connectivity index (χ1n) is 5.62. The van der Waals surface area contributed by atoms with Crippen molar-refractivity contribution in [3.63, 3.8) is 0 Å². The molecule has 0 heterocycles. The van der Waals surface area contributed by atoms with Crippen molar-refractivity contribution in [1.29, 1.82) is 0 Å². The zero-order chi connectivity index (χ0) is 13.9. The van der Waals surface area contributed by atoms with E-state index in [1.54, 1.807) is 32.9 Å². The van der Waals surface area contributed by atoms with Gasteiger partial charge in [-0.3, -0.25) is 4.79 Å². The maximum absolute atomic E-state index is 12.0. The van der Waals surface area contributed by atoms with Crippen molar-refractivity contribution in [2.75, 3.05) is 14.2 Å². The third-order valence-electron chi connectivity index (χ3n) is 2.55. The molecule has 0 aliphatic carbocycles. The highest BCUT2D eigenvalue weighted by Crippen LogP contribution is 2.24. The quantitative estimate of drug-likeness (QED) is 0.907. The van der Waals surface area contributed by atoms with Crippen LogP contribution in [0.2, 0.25) is 0 Å². The molecule has 1 amide bonds. The van der Waals surface area contributed by atoms with E-state index in [0.29, 0.717) is 6.54 Å². The van der Waals surface area contributed by atoms with E-state index >= 15 is 0 Å². The second-order valence-electron chi connectivity index (χ2n) is 4.84. The number of likely N-dealkylation sites (N-methyl/N-ethyl adjacent to an activating group) is 1. The number of carbonyl (C=O) groups excluding carboxylic acids is 1. The average molecular weight is 352 g/mol. The maximum atomic E-state index is 12.0. The molecule has 2 N–H and O–H groups in total. The van der Waals surface area contributed by atoms with E-state index in [1.807, 2.05) is 18.2 Å². The lowest BCUT2D eigenvalue weighted by atomic mass is 10.1. The minimum Gasteiger partial charge on any atom is -0.496 e. The van der Waals surface area contributed by atoms with E-state index < -0.39 is 5.54 Å². The first kappa shape index (κ1) is 18.2. The summed E-state index contributed by atoms with van der Waals surface area (Å²) in [5, 5.41) is 0. The van der Waals surface area contributed by atoms with Gasteiger partial charge in [-0.25, -0.2) is 0 Å². The van der Waals surface area contributed by atoms with Crippen molar-refractivity contribution >= 4 is 34.2 Å². The van der Waals surface area contributed by atoms with Gasteiger partial charge in [0.05, 0.1) is 12.6 Å². The van der Waals surface area contributed by atoms with Crippen LogP contribution in [0.5, 0.6) is 5.75 Å². The minimum atomic E-state index is -0.867. The molecule has 6 heteroatoms. The molecule has 0 spiro atoms. The number of nitrogens with two attached hydrogens (primary N) is 1. The summed E-state index contributed by atoms with van der Waals surface area (Å²) >= 11 is 3.41. The first-order chi connectivity index (χ1) is 8.25. The smallest absolute Gasteiger partial charge is 0.242 e. The number of methoxy groups -OCH3 is 1. The summed E-state index contributed by atoms with van der Waals surface area (Å²) in [5.41, 5.74) is 5.87. The number of carbonyl (C=O) groups is 1. The molecule has 0 saturated carbocycles. The van der Waals surface area contributed by atoms with E-state index in [9.17, 15) is 4.79 Å². The molecule has 4 nitrogen and oxygen atoms in total. The van der Waals surface area contributed by atoms with Crippen LogP contribution in [-0.2, 0) is 11.3 Å². The van der Waals surface area contributed by atoms with Crippen molar-refractivity contribution in [3.8, 4) is 5.75 Å². The Morgan fingerprint density at radius 1 is 1.47 bits per heavy atom. The lowest BCUT2D eigenvalue weighted by molar-refractivity contribution is -0.135. The molecule has 0 aliphatic rings. The van der Waals surface area contributed by atoms with Gasteiger partial charge in [0.25, 0.3) is 0 Å². The summed E-state index contributed by atoms with van der Waals surface area (Å²) in [6.07, 6.45) is 0. The van der Waals surface area contributed by atoms with Gasteiger partial charge in [-0.1, -0.05) is 15.9 Å². The Kier molecular flexibility index (Phi) is 6.83. The lowest BCUT2D eigenvalue weighted by Gasteiger charge is -2.26. The van der Waals surface area contributed by atoms with Gasteiger partial charge in [-0.05, 0) is 32.0 Å². The molecule has 0 fully saturated rings. The van der Waals surface area contributed by atoms with Crippen LogP contribution in [0.25, 0.3) is 0 Å². The van der Waals surface area contributed by atoms with Gasteiger partial charge < -0.3 is 15.4 Å². The molecule has 0 aliphatic heterocycles.